The zero-order chi connectivity index (χ0) is 14.0. The molecule has 0 saturated heterocycles. The van der Waals surface area contributed by atoms with Crippen molar-refractivity contribution >= 4 is 28.9 Å². The Balaban J connectivity index is 2.31. The largest absolute Gasteiger partial charge is 0.507 e. The standard InChI is InChI=1S/C13H11ClN2O3/c14-7-4-5-9(8(15)6-7)16-13(19)12-10(17)2-1-3-11(12)18/h1-6,17-18H,15H2,(H,16,19). The molecule has 0 radical (unpaired) electrons. The molecule has 0 aliphatic heterocycles. The van der Waals surface area contributed by atoms with Crippen LogP contribution in [0.3, 0.4) is 0 Å². The number of hydrogen-bond donors (Lipinski definition) is 4. The summed E-state index contributed by atoms with van der Waals surface area (Å²) < 4.78 is 0. The Bertz CT molecular complexity index is 624. The lowest BCUT2D eigenvalue weighted by Crippen LogP contribution is -2.13. The maximum absolute atomic E-state index is 12.0. The Morgan fingerprint density at radius 1 is 1.16 bits per heavy atom. The van der Waals surface area contributed by atoms with Gasteiger partial charge in [0.1, 0.15) is 17.1 Å². The summed E-state index contributed by atoms with van der Waals surface area (Å²) in [6, 6.07) is 8.63. The minimum Gasteiger partial charge on any atom is -0.507 e. The van der Waals surface area contributed by atoms with E-state index in [1.807, 2.05) is 0 Å². The van der Waals surface area contributed by atoms with Crippen LogP contribution in [0.2, 0.25) is 5.02 Å². The number of anilines is 2. The third-order valence-electron chi connectivity index (χ3n) is 2.51. The Morgan fingerprint density at radius 3 is 2.37 bits per heavy atom. The van der Waals surface area contributed by atoms with Crippen molar-refractivity contribution in [2.24, 2.45) is 0 Å². The molecule has 0 unspecified atom stereocenters. The van der Waals surface area contributed by atoms with Gasteiger partial charge >= 0.3 is 0 Å². The zero-order valence-corrected chi connectivity index (χ0v) is 10.5. The van der Waals surface area contributed by atoms with E-state index in [1.165, 1.54) is 30.3 Å². The van der Waals surface area contributed by atoms with Crippen LogP contribution in [-0.2, 0) is 0 Å². The van der Waals surface area contributed by atoms with Crippen molar-refractivity contribution in [2.45, 2.75) is 0 Å². The van der Waals surface area contributed by atoms with E-state index in [0.29, 0.717) is 10.7 Å². The van der Waals surface area contributed by atoms with Crippen LogP contribution in [-0.4, -0.2) is 16.1 Å². The molecule has 0 aliphatic carbocycles. The Labute approximate surface area is 114 Å². The second kappa shape index (κ2) is 5.07. The van der Waals surface area contributed by atoms with Crippen LogP contribution in [0.25, 0.3) is 0 Å². The molecule has 0 saturated carbocycles. The molecule has 5 nitrogen and oxygen atoms in total. The number of carbonyl (C=O) groups excluding carboxylic acids is 1. The fourth-order valence-corrected chi connectivity index (χ4v) is 1.77. The van der Waals surface area contributed by atoms with Gasteiger partial charge in [0.05, 0.1) is 11.4 Å². The molecular formula is C13H11ClN2O3. The second-order valence-corrected chi connectivity index (χ2v) is 4.29. The van der Waals surface area contributed by atoms with Crippen LogP contribution in [0.5, 0.6) is 11.5 Å². The summed E-state index contributed by atoms with van der Waals surface area (Å²) in [5, 5.41) is 22.1. The van der Waals surface area contributed by atoms with Crippen molar-refractivity contribution in [3.63, 3.8) is 0 Å². The SMILES string of the molecule is Nc1cc(Cl)ccc1NC(=O)c1c(O)cccc1O. The van der Waals surface area contributed by atoms with E-state index in [1.54, 1.807) is 6.07 Å². The van der Waals surface area contributed by atoms with E-state index in [0.717, 1.165) is 0 Å². The molecule has 2 aromatic rings. The van der Waals surface area contributed by atoms with Crippen molar-refractivity contribution < 1.29 is 15.0 Å². The number of phenols is 2. The van der Waals surface area contributed by atoms with Gasteiger partial charge < -0.3 is 21.3 Å². The first-order chi connectivity index (χ1) is 8.99. The number of amides is 1. The first-order valence-corrected chi connectivity index (χ1v) is 5.74. The molecule has 0 heterocycles. The minimum absolute atomic E-state index is 0.211. The first kappa shape index (κ1) is 13.0. The van der Waals surface area contributed by atoms with Gasteiger partial charge in [-0.15, -0.1) is 0 Å². The van der Waals surface area contributed by atoms with Gasteiger partial charge in [-0.1, -0.05) is 17.7 Å². The normalized spacial score (nSPS) is 10.2. The fraction of sp³-hybridized carbons (Fsp3) is 0. The molecule has 5 N–H and O–H groups in total. The molecule has 2 aromatic carbocycles. The van der Waals surface area contributed by atoms with Crippen LogP contribution in [0.4, 0.5) is 11.4 Å². The number of nitrogens with one attached hydrogen (secondary N) is 1. The highest BCUT2D eigenvalue weighted by Gasteiger charge is 2.16. The molecule has 6 heteroatoms. The summed E-state index contributed by atoms with van der Waals surface area (Å²) >= 11 is 5.75. The van der Waals surface area contributed by atoms with E-state index < -0.39 is 5.91 Å². The summed E-state index contributed by atoms with van der Waals surface area (Å²) in [6.07, 6.45) is 0. The number of aromatic hydroxyl groups is 2. The molecule has 2 rings (SSSR count). The topological polar surface area (TPSA) is 95.6 Å². The first-order valence-electron chi connectivity index (χ1n) is 5.36. The highest BCUT2D eigenvalue weighted by atomic mass is 35.5. The van der Waals surface area contributed by atoms with Crippen molar-refractivity contribution in [1.82, 2.24) is 0 Å². The quantitative estimate of drug-likeness (QED) is 0.635. The monoisotopic (exact) mass is 278 g/mol. The van der Waals surface area contributed by atoms with Crippen LogP contribution in [0.15, 0.2) is 36.4 Å². The molecule has 0 aliphatic rings. The van der Waals surface area contributed by atoms with Crippen LogP contribution < -0.4 is 11.1 Å². The number of nitrogen functional groups attached to an aromatic ring is 1. The van der Waals surface area contributed by atoms with E-state index in [4.69, 9.17) is 17.3 Å². The van der Waals surface area contributed by atoms with Crippen LogP contribution in [0.1, 0.15) is 10.4 Å². The van der Waals surface area contributed by atoms with Gasteiger partial charge in [-0.3, -0.25) is 4.79 Å². The molecule has 0 bridgehead atoms. The number of rotatable bonds is 2. The molecule has 98 valence electrons. The summed E-state index contributed by atoms with van der Waals surface area (Å²) in [5.41, 5.74) is 6.12. The van der Waals surface area contributed by atoms with Crippen molar-refractivity contribution in [2.75, 3.05) is 11.1 Å². The number of phenolic OH excluding ortho intramolecular Hbond substituents is 2. The second-order valence-electron chi connectivity index (χ2n) is 3.86. The predicted molar refractivity (Wildman–Crippen MR) is 73.6 cm³/mol. The Kier molecular flexibility index (Phi) is 3.48. The highest BCUT2D eigenvalue weighted by molar-refractivity contribution is 6.31. The lowest BCUT2D eigenvalue weighted by Gasteiger charge is -2.10. The van der Waals surface area contributed by atoms with Gasteiger partial charge in [0, 0.05) is 5.02 Å². The van der Waals surface area contributed by atoms with Crippen molar-refractivity contribution in [1.29, 1.82) is 0 Å². The molecule has 0 fully saturated rings. The van der Waals surface area contributed by atoms with Gasteiger partial charge in [0.25, 0.3) is 5.91 Å². The lowest BCUT2D eigenvalue weighted by atomic mass is 10.1. The molecule has 1 amide bonds. The molecular weight excluding hydrogens is 268 g/mol. The summed E-state index contributed by atoms with van der Waals surface area (Å²) in [4.78, 5) is 12.0. The van der Waals surface area contributed by atoms with Crippen LogP contribution >= 0.6 is 11.6 Å². The van der Waals surface area contributed by atoms with Crippen molar-refractivity contribution in [3.05, 3.63) is 47.0 Å². The van der Waals surface area contributed by atoms with Crippen LogP contribution in [0, 0.1) is 0 Å². The minimum atomic E-state index is -0.662. The number of carbonyl (C=O) groups is 1. The van der Waals surface area contributed by atoms with Crippen molar-refractivity contribution in [3.8, 4) is 11.5 Å². The van der Waals surface area contributed by atoms with Gasteiger partial charge in [-0.25, -0.2) is 0 Å². The Morgan fingerprint density at radius 2 is 1.79 bits per heavy atom. The maximum atomic E-state index is 12.0. The van der Waals surface area contributed by atoms with E-state index in [9.17, 15) is 15.0 Å². The summed E-state index contributed by atoms with van der Waals surface area (Å²) in [7, 11) is 0. The van der Waals surface area contributed by atoms with E-state index in [2.05, 4.69) is 5.32 Å². The van der Waals surface area contributed by atoms with Gasteiger partial charge in [-0.2, -0.15) is 0 Å². The third-order valence-corrected chi connectivity index (χ3v) is 2.74. The molecule has 0 aromatic heterocycles. The third kappa shape index (κ3) is 2.71. The predicted octanol–water partition coefficient (Wildman–Crippen LogP) is 2.59. The maximum Gasteiger partial charge on any atom is 0.263 e. The molecule has 0 atom stereocenters. The average molecular weight is 279 g/mol. The highest BCUT2D eigenvalue weighted by Crippen LogP contribution is 2.29. The fourth-order valence-electron chi connectivity index (χ4n) is 1.59. The Hall–Kier alpha value is -2.40. The number of benzene rings is 2. The summed E-state index contributed by atoms with van der Waals surface area (Å²) in [6.45, 7) is 0. The van der Waals surface area contributed by atoms with E-state index >= 15 is 0 Å². The number of halogens is 1. The smallest absolute Gasteiger partial charge is 0.263 e. The molecule has 19 heavy (non-hydrogen) atoms. The number of hydrogen-bond acceptors (Lipinski definition) is 4. The summed E-state index contributed by atoms with van der Waals surface area (Å²) in [5.74, 6) is -1.29. The van der Waals surface area contributed by atoms with Gasteiger partial charge in [-0.05, 0) is 30.3 Å². The average Bonchev–Trinajstić information content (AvgIpc) is 2.32. The van der Waals surface area contributed by atoms with E-state index in [-0.39, 0.29) is 22.7 Å². The van der Waals surface area contributed by atoms with Gasteiger partial charge in [0.2, 0.25) is 0 Å². The number of nitrogens with two attached hydrogens (primary N) is 1. The lowest BCUT2D eigenvalue weighted by molar-refractivity contribution is 0.102. The zero-order valence-electron chi connectivity index (χ0n) is 9.72. The van der Waals surface area contributed by atoms with Gasteiger partial charge in [0.15, 0.2) is 0 Å². The molecule has 0 spiro atoms.